The Morgan fingerprint density at radius 2 is 2.18 bits per heavy atom. The predicted molar refractivity (Wildman–Crippen MR) is 108 cm³/mol. The van der Waals surface area contributed by atoms with Gasteiger partial charge in [0.1, 0.15) is 5.56 Å². The zero-order valence-corrected chi connectivity index (χ0v) is 16.9. The van der Waals surface area contributed by atoms with Crippen molar-refractivity contribution >= 4 is 29.9 Å². The molecular formula is C19H27ClN6O2. The summed E-state index contributed by atoms with van der Waals surface area (Å²) in [7, 11) is 0. The highest BCUT2D eigenvalue weighted by Gasteiger charge is 2.28. The highest BCUT2D eigenvalue weighted by atomic mass is 35.5. The Balaban J connectivity index is 0.00000225. The number of nitrogens with zero attached hydrogens (tertiary/aromatic N) is 4. The molecule has 8 nitrogen and oxygen atoms in total. The van der Waals surface area contributed by atoms with Crippen molar-refractivity contribution in [1.82, 2.24) is 30.1 Å². The molecule has 2 saturated heterocycles. The molecule has 2 N–H and O–H groups in total. The largest absolute Gasteiger partial charge is 0.354 e. The lowest BCUT2D eigenvalue weighted by molar-refractivity contribution is -0.123. The maximum absolute atomic E-state index is 13.0. The molecule has 2 unspecified atom stereocenters. The van der Waals surface area contributed by atoms with Crippen LogP contribution < -0.4 is 10.6 Å². The van der Waals surface area contributed by atoms with E-state index in [1.807, 2.05) is 24.1 Å². The van der Waals surface area contributed by atoms with Crippen molar-refractivity contribution in [3.05, 3.63) is 29.7 Å². The van der Waals surface area contributed by atoms with Gasteiger partial charge in [-0.15, -0.1) is 12.4 Å². The van der Waals surface area contributed by atoms with Crippen LogP contribution in [0, 0.1) is 12.8 Å². The first-order chi connectivity index (χ1) is 13.1. The minimum absolute atomic E-state index is 0. The van der Waals surface area contributed by atoms with E-state index in [4.69, 9.17) is 0 Å². The van der Waals surface area contributed by atoms with Crippen molar-refractivity contribution in [1.29, 1.82) is 0 Å². The van der Waals surface area contributed by atoms with E-state index in [1.54, 1.807) is 10.7 Å². The number of amides is 2. The molecule has 2 aromatic heterocycles. The quantitative estimate of drug-likeness (QED) is 0.795. The van der Waals surface area contributed by atoms with Gasteiger partial charge in [0.2, 0.25) is 5.91 Å². The number of piperidine rings is 1. The zero-order valence-electron chi connectivity index (χ0n) is 16.1. The van der Waals surface area contributed by atoms with Crippen molar-refractivity contribution in [2.24, 2.45) is 5.92 Å². The van der Waals surface area contributed by atoms with Crippen LogP contribution in [0.4, 0.5) is 0 Å². The van der Waals surface area contributed by atoms with E-state index in [-0.39, 0.29) is 36.2 Å². The van der Waals surface area contributed by atoms with Gasteiger partial charge < -0.3 is 15.5 Å². The lowest BCUT2D eigenvalue weighted by Crippen LogP contribution is -2.46. The minimum atomic E-state index is -0.0561. The Morgan fingerprint density at radius 3 is 2.96 bits per heavy atom. The summed E-state index contributed by atoms with van der Waals surface area (Å²) >= 11 is 0. The number of nitrogens with one attached hydrogen (secondary N) is 2. The van der Waals surface area contributed by atoms with E-state index in [2.05, 4.69) is 20.7 Å². The van der Waals surface area contributed by atoms with Crippen LogP contribution in [0.15, 0.2) is 18.5 Å². The standard InChI is InChI=1S/C19H26N6O2.ClH/c1-13-6-9-25-17(23-13)15(11-22-25)19(27)24-8-3-4-14(12-24)10-21-18(26)16-5-2-7-20-16;/h6,9,11,14,16,20H,2-5,7-8,10,12H2,1H3,(H,21,26);1H. The monoisotopic (exact) mass is 406 g/mol. The van der Waals surface area contributed by atoms with Gasteiger partial charge in [0.25, 0.3) is 5.91 Å². The van der Waals surface area contributed by atoms with Crippen LogP contribution in [-0.4, -0.2) is 63.5 Å². The van der Waals surface area contributed by atoms with Gasteiger partial charge in [0.05, 0.1) is 12.2 Å². The fourth-order valence-corrected chi connectivity index (χ4v) is 3.97. The summed E-state index contributed by atoms with van der Waals surface area (Å²) in [5, 5.41) is 10.5. The van der Waals surface area contributed by atoms with Crippen molar-refractivity contribution < 1.29 is 9.59 Å². The molecule has 2 fully saturated rings. The van der Waals surface area contributed by atoms with E-state index >= 15 is 0 Å². The number of carbonyl (C=O) groups excluding carboxylic acids is 2. The number of rotatable bonds is 4. The third-order valence-corrected chi connectivity index (χ3v) is 5.49. The second-order valence-corrected chi connectivity index (χ2v) is 7.55. The van der Waals surface area contributed by atoms with Gasteiger partial charge in [0, 0.05) is 31.5 Å². The number of fused-ring (bicyclic) bond motifs is 1. The molecule has 0 aromatic carbocycles. The van der Waals surface area contributed by atoms with Crippen LogP contribution in [-0.2, 0) is 4.79 Å². The fraction of sp³-hybridized carbons (Fsp3) is 0.579. The van der Waals surface area contributed by atoms with Gasteiger partial charge >= 0.3 is 0 Å². The molecule has 0 saturated carbocycles. The summed E-state index contributed by atoms with van der Waals surface area (Å²) in [6, 6.07) is 1.81. The first-order valence-corrected chi connectivity index (χ1v) is 9.73. The second-order valence-electron chi connectivity index (χ2n) is 7.55. The van der Waals surface area contributed by atoms with E-state index in [1.165, 1.54) is 0 Å². The molecule has 2 atom stereocenters. The topological polar surface area (TPSA) is 91.6 Å². The lowest BCUT2D eigenvalue weighted by atomic mass is 9.97. The molecule has 9 heteroatoms. The molecule has 4 rings (SSSR count). The number of aromatic nitrogens is 3. The molecule has 4 heterocycles. The minimum Gasteiger partial charge on any atom is -0.354 e. The van der Waals surface area contributed by atoms with Gasteiger partial charge in [-0.2, -0.15) is 5.10 Å². The fourth-order valence-electron chi connectivity index (χ4n) is 3.97. The van der Waals surface area contributed by atoms with Crippen molar-refractivity contribution in [3.8, 4) is 0 Å². The number of halogens is 1. The molecule has 0 bridgehead atoms. The first kappa shape index (κ1) is 20.5. The summed E-state index contributed by atoms with van der Waals surface area (Å²) in [6.07, 6.45) is 7.34. The summed E-state index contributed by atoms with van der Waals surface area (Å²) in [5.74, 6) is 0.333. The number of carbonyl (C=O) groups is 2. The predicted octanol–water partition coefficient (Wildman–Crippen LogP) is 1.18. The van der Waals surface area contributed by atoms with Crippen LogP contribution in [0.3, 0.4) is 0 Å². The van der Waals surface area contributed by atoms with E-state index in [9.17, 15) is 9.59 Å². The Bertz CT molecular complexity index is 848. The van der Waals surface area contributed by atoms with Crippen LogP contribution in [0.2, 0.25) is 0 Å². The molecule has 2 aliphatic heterocycles. The smallest absolute Gasteiger partial charge is 0.259 e. The molecule has 28 heavy (non-hydrogen) atoms. The number of hydrogen-bond acceptors (Lipinski definition) is 5. The van der Waals surface area contributed by atoms with Crippen LogP contribution in [0.5, 0.6) is 0 Å². The molecule has 0 spiro atoms. The van der Waals surface area contributed by atoms with E-state index in [0.717, 1.165) is 44.5 Å². The molecule has 2 amide bonds. The molecule has 2 aromatic rings. The summed E-state index contributed by atoms with van der Waals surface area (Å²) < 4.78 is 1.64. The van der Waals surface area contributed by atoms with Crippen LogP contribution in [0.25, 0.3) is 5.65 Å². The summed E-state index contributed by atoms with van der Waals surface area (Å²) in [5.41, 5.74) is 2.00. The molecule has 0 radical (unpaired) electrons. The summed E-state index contributed by atoms with van der Waals surface area (Å²) in [4.78, 5) is 31.5. The number of likely N-dealkylation sites (tertiary alicyclic amines) is 1. The van der Waals surface area contributed by atoms with Crippen molar-refractivity contribution in [2.45, 2.75) is 38.6 Å². The zero-order chi connectivity index (χ0) is 18.8. The van der Waals surface area contributed by atoms with E-state index in [0.29, 0.717) is 24.3 Å². The highest BCUT2D eigenvalue weighted by Crippen LogP contribution is 2.20. The van der Waals surface area contributed by atoms with Gasteiger partial charge in [-0.3, -0.25) is 9.59 Å². The number of hydrogen-bond donors (Lipinski definition) is 2. The Morgan fingerprint density at radius 1 is 1.32 bits per heavy atom. The van der Waals surface area contributed by atoms with Crippen molar-refractivity contribution in [2.75, 3.05) is 26.2 Å². The van der Waals surface area contributed by atoms with Gasteiger partial charge in [0.15, 0.2) is 5.65 Å². The molecule has 152 valence electrons. The normalized spacial score (nSPS) is 22.1. The number of aryl methyl sites for hydroxylation is 1. The van der Waals surface area contributed by atoms with Crippen LogP contribution >= 0.6 is 12.4 Å². The molecular weight excluding hydrogens is 380 g/mol. The third kappa shape index (κ3) is 4.28. The maximum Gasteiger partial charge on any atom is 0.259 e. The Kier molecular flexibility index (Phi) is 6.51. The Labute approximate surface area is 170 Å². The van der Waals surface area contributed by atoms with Gasteiger partial charge in [-0.25, -0.2) is 9.50 Å². The Hall–Kier alpha value is -2.19. The third-order valence-electron chi connectivity index (χ3n) is 5.49. The summed E-state index contributed by atoms with van der Waals surface area (Å²) in [6.45, 7) is 4.82. The lowest BCUT2D eigenvalue weighted by Gasteiger charge is -2.32. The second kappa shape index (κ2) is 8.87. The van der Waals surface area contributed by atoms with Gasteiger partial charge in [-0.05, 0) is 51.1 Å². The van der Waals surface area contributed by atoms with Crippen LogP contribution in [0.1, 0.15) is 41.7 Å². The molecule has 0 aliphatic carbocycles. The SMILES string of the molecule is Cc1ccn2ncc(C(=O)N3CCCC(CNC(=O)C4CCCN4)C3)c2n1.Cl. The van der Waals surface area contributed by atoms with Crippen molar-refractivity contribution in [3.63, 3.8) is 0 Å². The highest BCUT2D eigenvalue weighted by molar-refractivity contribution is 5.99. The average molecular weight is 407 g/mol. The maximum atomic E-state index is 13.0. The average Bonchev–Trinajstić information content (AvgIpc) is 3.35. The van der Waals surface area contributed by atoms with Gasteiger partial charge in [-0.1, -0.05) is 0 Å². The first-order valence-electron chi connectivity index (χ1n) is 9.73. The molecule has 2 aliphatic rings. The van der Waals surface area contributed by atoms with E-state index < -0.39 is 0 Å².